The van der Waals surface area contributed by atoms with Gasteiger partial charge in [-0.2, -0.15) is 16.9 Å². The average molecular weight is 329 g/mol. The first-order chi connectivity index (χ1) is 11.2. The molecule has 23 heavy (non-hydrogen) atoms. The highest BCUT2D eigenvalue weighted by Gasteiger charge is 2.32. The van der Waals surface area contributed by atoms with Gasteiger partial charge in [-0.1, -0.05) is 24.6 Å². The zero-order chi connectivity index (χ0) is 16.2. The van der Waals surface area contributed by atoms with E-state index in [1.807, 2.05) is 71.0 Å². The van der Waals surface area contributed by atoms with Gasteiger partial charge in [0.2, 0.25) is 5.91 Å². The minimum absolute atomic E-state index is 0.161. The van der Waals surface area contributed by atoms with Gasteiger partial charge >= 0.3 is 0 Å². The largest absolute Gasteiger partial charge is 0.341 e. The average Bonchev–Trinajstić information content (AvgIpc) is 3.23. The van der Waals surface area contributed by atoms with Gasteiger partial charge in [-0.05, 0) is 37.3 Å². The number of nitrogens with zero attached hydrogens (tertiary/aromatic N) is 3. The molecule has 2 atom stereocenters. The van der Waals surface area contributed by atoms with E-state index in [-0.39, 0.29) is 5.91 Å². The van der Waals surface area contributed by atoms with Gasteiger partial charge in [0.25, 0.3) is 0 Å². The Hall–Kier alpha value is -1.75. The Morgan fingerprint density at radius 1 is 1.30 bits per heavy atom. The first-order valence-corrected chi connectivity index (χ1v) is 9.36. The van der Waals surface area contributed by atoms with Crippen LogP contribution in [-0.4, -0.2) is 45.2 Å². The number of para-hydroxylation sites is 1. The van der Waals surface area contributed by atoms with E-state index in [2.05, 4.69) is 11.4 Å². The highest BCUT2D eigenvalue weighted by atomic mass is 32.2. The molecule has 122 valence electrons. The van der Waals surface area contributed by atoms with Crippen molar-refractivity contribution in [1.29, 1.82) is 0 Å². The van der Waals surface area contributed by atoms with Crippen molar-refractivity contribution in [3.63, 3.8) is 0 Å². The summed E-state index contributed by atoms with van der Waals surface area (Å²) in [5.41, 5.74) is 1.84. The number of thioether (sulfide) groups is 1. The number of carbonyl (C=O) groups is 1. The molecule has 1 aromatic heterocycles. The lowest BCUT2D eigenvalue weighted by Gasteiger charge is -2.28. The summed E-state index contributed by atoms with van der Waals surface area (Å²) in [7, 11) is 1.94. The maximum Gasteiger partial charge on any atom is 0.228 e. The van der Waals surface area contributed by atoms with Crippen LogP contribution in [0.4, 0.5) is 0 Å². The number of rotatable bonds is 5. The van der Waals surface area contributed by atoms with E-state index in [1.165, 1.54) is 12.8 Å². The molecule has 1 aliphatic carbocycles. The van der Waals surface area contributed by atoms with Crippen molar-refractivity contribution < 1.29 is 4.79 Å². The van der Waals surface area contributed by atoms with E-state index in [4.69, 9.17) is 0 Å². The number of hydrogen-bond acceptors (Lipinski definition) is 3. The predicted octanol–water partition coefficient (Wildman–Crippen LogP) is 3.16. The third-order valence-corrected chi connectivity index (χ3v) is 5.76. The lowest BCUT2D eigenvalue weighted by molar-refractivity contribution is -0.131. The van der Waals surface area contributed by atoms with Crippen LogP contribution < -0.4 is 0 Å². The van der Waals surface area contributed by atoms with Crippen molar-refractivity contribution in [2.24, 2.45) is 0 Å². The molecule has 0 aliphatic heterocycles. The van der Waals surface area contributed by atoms with Gasteiger partial charge in [0, 0.05) is 24.5 Å². The quantitative estimate of drug-likeness (QED) is 0.846. The topological polar surface area (TPSA) is 38.1 Å². The van der Waals surface area contributed by atoms with Crippen molar-refractivity contribution in [2.45, 2.75) is 37.0 Å². The van der Waals surface area contributed by atoms with Crippen LogP contribution in [-0.2, 0) is 11.2 Å². The fourth-order valence-electron chi connectivity index (χ4n) is 3.27. The molecule has 0 radical (unpaired) electrons. The van der Waals surface area contributed by atoms with Crippen molar-refractivity contribution in [3.05, 3.63) is 48.3 Å². The molecule has 1 amide bonds. The third-order valence-electron chi connectivity index (χ3n) is 4.61. The van der Waals surface area contributed by atoms with Crippen LogP contribution in [0, 0.1) is 0 Å². The van der Waals surface area contributed by atoms with Crippen molar-refractivity contribution >= 4 is 17.7 Å². The first-order valence-electron chi connectivity index (χ1n) is 8.07. The highest BCUT2D eigenvalue weighted by Crippen LogP contribution is 2.31. The molecule has 1 aliphatic rings. The molecule has 0 saturated heterocycles. The van der Waals surface area contributed by atoms with Crippen LogP contribution in [0.3, 0.4) is 0 Å². The Morgan fingerprint density at radius 2 is 2.09 bits per heavy atom. The summed E-state index contributed by atoms with van der Waals surface area (Å²) in [6, 6.07) is 12.3. The van der Waals surface area contributed by atoms with Crippen LogP contribution in [0.25, 0.3) is 5.69 Å². The summed E-state index contributed by atoms with van der Waals surface area (Å²) < 4.78 is 1.82. The Kier molecular flexibility index (Phi) is 5.06. The fraction of sp³-hybridized carbons (Fsp3) is 0.444. The Morgan fingerprint density at radius 3 is 2.83 bits per heavy atom. The summed E-state index contributed by atoms with van der Waals surface area (Å²) in [6.45, 7) is 0. The van der Waals surface area contributed by atoms with Gasteiger partial charge in [-0.3, -0.25) is 4.79 Å². The summed E-state index contributed by atoms with van der Waals surface area (Å²) in [5, 5.41) is 5.11. The molecule has 1 saturated carbocycles. The van der Waals surface area contributed by atoms with Gasteiger partial charge in [-0.15, -0.1) is 0 Å². The molecule has 2 aromatic rings. The number of aromatic nitrogens is 2. The maximum atomic E-state index is 12.6. The zero-order valence-electron chi connectivity index (χ0n) is 13.7. The molecule has 4 nitrogen and oxygen atoms in total. The minimum Gasteiger partial charge on any atom is -0.341 e. The van der Waals surface area contributed by atoms with E-state index in [0.29, 0.717) is 17.7 Å². The number of benzene rings is 1. The third kappa shape index (κ3) is 3.61. The molecule has 0 spiro atoms. The van der Waals surface area contributed by atoms with Crippen LogP contribution in [0.15, 0.2) is 42.6 Å². The van der Waals surface area contributed by atoms with Crippen molar-refractivity contribution in [3.8, 4) is 5.69 Å². The second kappa shape index (κ2) is 7.21. The van der Waals surface area contributed by atoms with Gasteiger partial charge in [0.05, 0.1) is 17.8 Å². The Balaban J connectivity index is 1.65. The van der Waals surface area contributed by atoms with Crippen LogP contribution in [0.5, 0.6) is 0 Å². The van der Waals surface area contributed by atoms with Crippen LogP contribution >= 0.6 is 11.8 Å². The fourth-order valence-corrected chi connectivity index (χ4v) is 4.30. The Labute approximate surface area is 141 Å². The molecule has 1 heterocycles. The van der Waals surface area contributed by atoms with E-state index < -0.39 is 0 Å². The molecule has 0 bridgehead atoms. The lowest BCUT2D eigenvalue weighted by Crippen LogP contribution is -2.41. The highest BCUT2D eigenvalue weighted by molar-refractivity contribution is 7.99. The molecule has 2 unspecified atom stereocenters. The molecule has 3 rings (SSSR count). The van der Waals surface area contributed by atoms with Gasteiger partial charge in [0.15, 0.2) is 0 Å². The first kappa shape index (κ1) is 16.1. The number of likely N-dealkylation sites (N-methyl/N-ethyl adjacent to an activating group) is 1. The van der Waals surface area contributed by atoms with Crippen LogP contribution in [0.1, 0.15) is 25.0 Å². The maximum absolute atomic E-state index is 12.6. The SMILES string of the molecule is CSC1CCCC1N(C)C(=O)Cc1ccn(-c2ccccc2)n1. The summed E-state index contributed by atoms with van der Waals surface area (Å²) in [5.74, 6) is 0.161. The smallest absolute Gasteiger partial charge is 0.228 e. The van der Waals surface area contributed by atoms with E-state index >= 15 is 0 Å². The number of hydrogen-bond donors (Lipinski definition) is 0. The second-order valence-corrected chi connectivity index (χ2v) is 7.12. The Bertz CT molecular complexity index is 655. The monoisotopic (exact) mass is 329 g/mol. The minimum atomic E-state index is 0.161. The molecular weight excluding hydrogens is 306 g/mol. The predicted molar refractivity (Wildman–Crippen MR) is 95.0 cm³/mol. The van der Waals surface area contributed by atoms with Crippen LogP contribution in [0.2, 0.25) is 0 Å². The lowest BCUT2D eigenvalue weighted by atomic mass is 10.2. The molecule has 1 fully saturated rings. The van der Waals surface area contributed by atoms with Gasteiger partial charge in [-0.25, -0.2) is 4.68 Å². The van der Waals surface area contributed by atoms with E-state index in [9.17, 15) is 4.79 Å². The normalized spacial score (nSPS) is 20.6. The van der Waals surface area contributed by atoms with Crippen molar-refractivity contribution in [2.75, 3.05) is 13.3 Å². The number of carbonyl (C=O) groups excluding carboxylic acids is 1. The molecule has 0 N–H and O–H groups in total. The standard InChI is InChI=1S/C18H23N3OS/c1-20(16-9-6-10-17(16)23-2)18(22)13-14-11-12-21(19-14)15-7-4-3-5-8-15/h3-5,7-8,11-12,16-17H,6,9-10,13H2,1-2H3. The second-order valence-electron chi connectivity index (χ2n) is 6.04. The van der Waals surface area contributed by atoms with Gasteiger partial charge in [0.1, 0.15) is 0 Å². The zero-order valence-corrected chi connectivity index (χ0v) is 14.5. The van der Waals surface area contributed by atoms with Gasteiger partial charge < -0.3 is 4.90 Å². The molecule has 5 heteroatoms. The number of amides is 1. The van der Waals surface area contributed by atoms with E-state index in [1.54, 1.807) is 0 Å². The molecule has 1 aromatic carbocycles. The summed E-state index contributed by atoms with van der Waals surface area (Å²) in [6.07, 6.45) is 7.98. The summed E-state index contributed by atoms with van der Waals surface area (Å²) >= 11 is 1.88. The van der Waals surface area contributed by atoms with Crippen molar-refractivity contribution in [1.82, 2.24) is 14.7 Å². The molecular formula is C18H23N3OS. The summed E-state index contributed by atoms with van der Waals surface area (Å²) in [4.78, 5) is 14.5. The van der Waals surface area contributed by atoms with E-state index in [0.717, 1.165) is 17.8 Å².